The largest absolute Gasteiger partial charge is 0.416 e. The van der Waals surface area contributed by atoms with Gasteiger partial charge in [0.25, 0.3) is 21.5 Å². The van der Waals surface area contributed by atoms with Gasteiger partial charge in [-0.1, -0.05) is 55.8 Å². The fourth-order valence-electron chi connectivity index (χ4n) is 5.72. The number of aromatic nitrogens is 2. The van der Waals surface area contributed by atoms with Crippen LogP contribution in [0.5, 0.6) is 0 Å². The van der Waals surface area contributed by atoms with Gasteiger partial charge >= 0.3 is 12.2 Å². The molecule has 1 saturated carbocycles. The van der Waals surface area contributed by atoms with Crippen molar-refractivity contribution in [3.63, 3.8) is 0 Å². The zero-order chi connectivity index (χ0) is 37.7. The topological polar surface area (TPSA) is 160 Å². The normalized spacial score (nSPS) is 14.1. The predicted molar refractivity (Wildman–Crippen MR) is 186 cm³/mol. The highest BCUT2D eigenvalue weighted by Crippen LogP contribution is 2.31. The highest BCUT2D eigenvalue weighted by atomic mass is 35.5. The molecule has 2 aromatic carbocycles. The number of carbonyl (C=O) groups excluding carboxylic acids is 3. The van der Waals surface area contributed by atoms with Gasteiger partial charge in [0.05, 0.1) is 27.4 Å². The molecule has 12 nitrogen and oxygen atoms in total. The van der Waals surface area contributed by atoms with E-state index in [1.165, 1.54) is 24.3 Å². The van der Waals surface area contributed by atoms with Gasteiger partial charge in [-0.15, -0.1) is 0 Å². The Labute approximate surface area is 298 Å². The fourth-order valence-corrected chi connectivity index (χ4v) is 7.11. The maximum Gasteiger partial charge on any atom is 0.416 e. The van der Waals surface area contributed by atoms with E-state index in [-0.39, 0.29) is 22.1 Å². The smallest absolute Gasteiger partial charge is 0.333 e. The van der Waals surface area contributed by atoms with Crippen LogP contribution in [0.4, 0.5) is 29.5 Å². The lowest BCUT2D eigenvalue weighted by atomic mass is 9.86. The molecule has 0 bridgehead atoms. The van der Waals surface area contributed by atoms with Crippen LogP contribution in [0.3, 0.4) is 0 Å². The maximum atomic E-state index is 13.7. The number of amides is 4. The van der Waals surface area contributed by atoms with E-state index in [4.69, 9.17) is 11.6 Å². The number of hydrogen-bond donors (Lipinski definition) is 3. The molecule has 3 N–H and O–H groups in total. The first-order valence-electron chi connectivity index (χ1n) is 16.3. The Bertz CT molecular complexity index is 1940. The number of anilines is 2. The van der Waals surface area contributed by atoms with E-state index >= 15 is 0 Å². The second kappa shape index (κ2) is 15.8. The van der Waals surface area contributed by atoms with Gasteiger partial charge in [-0.3, -0.25) is 24.3 Å². The minimum atomic E-state index is -4.69. The monoisotopic (exact) mass is 752 g/mol. The highest BCUT2D eigenvalue weighted by molar-refractivity contribution is 7.89. The SMILES string of the molecule is CN(C(=O)c1ccccc1NC(=O)Cn1c(CCC2CCCCC2)c(Cl)nc(NC(=O)NC(C)(C)C)c1=O)S(=O)(=O)c1ccc(C(F)(F)F)cc1. The quantitative estimate of drug-likeness (QED) is 0.215. The van der Waals surface area contributed by atoms with Gasteiger partial charge in [0, 0.05) is 12.6 Å². The van der Waals surface area contributed by atoms with Crippen molar-refractivity contribution in [1.29, 1.82) is 0 Å². The Kier molecular flexibility index (Phi) is 12.2. The Morgan fingerprint density at radius 2 is 1.61 bits per heavy atom. The third kappa shape index (κ3) is 10.1. The van der Waals surface area contributed by atoms with E-state index in [2.05, 4.69) is 20.9 Å². The van der Waals surface area contributed by atoms with Gasteiger partial charge in [0.1, 0.15) is 6.54 Å². The summed E-state index contributed by atoms with van der Waals surface area (Å²) in [4.78, 5) is 56.9. The summed E-state index contributed by atoms with van der Waals surface area (Å²) in [5.74, 6) is -1.87. The van der Waals surface area contributed by atoms with Crippen molar-refractivity contribution in [2.45, 2.75) is 88.9 Å². The lowest BCUT2D eigenvalue weighted by molar-refractivity contribution is -0.137. The van der Waals surface area contributed by atoms with E-state index < -0.39 is 68.0 Å². The van der Waals surface area contributed by atoms with Crippen LogP contribution in [0.15, 0.2) is 58.2 Å². The molecule has 0 atom stereocenters. The first kappa shape index (κ1) is 39.3. The summed E-state index contributed by atoms with van der Waals surface area (Å²) < 4.78 is 66.9. The van der Waals surface area contributed by atoms with Gasteiger partial charge in [-0.2, -0.15) is 13.2 Å². The average Bonchev–Trinajstić information content (AvgIpc) is 3.05. The molecule has 1 aromatic heterocycles. The van der Waals surface area contributed by atoms with Gasteiger partial charge < -0.3 is 10.6 Å². The second-order valence-electron chi connectivity index (χ2n) is 13.4. The van der Waals surface area contributed by atoms with Gasteiger partial charge in [0.2, 0.25) is 11.7 Å². The molecule has 51 heavy (non-hydrogen) atoms. The Balaban J connectivity index is 1.61. The molecular weight excluding hydrogens is 713 g/mol. The number of benzene rings is 2. The summed E-state index contributed by atoms with van der Waals surface area (Å²) >= 11 is 6.57. The zero-order valence-corrected chi connectivity index (χ0v) is 30.1. The molecule has 0 unspecified atom stereocenters. The number of sulfonamides is 1. The van der Waals surface area contributed by atoms with Crippen LogP contribution in [0.25, 0.3) is 0 Å². The van der Waals surface area contributed by atoms with Gasteiger partial charge in [-0.05, 0) is 75.9 Å². The molecule has 0 aliphatic heterocycles. The Morgan fingerprint density at radius 1 is 0.980 bits per heavy atom. The highest BCUT2D eigenvalue weighted by Gasteiger charge is 2.33. The van der Waals surface area contributed by atoms with E-state index in [1.807, 2.05) is 0 Å². The second-order valence-corrected chi connectivity index (χ2v) is 15.7. The third-order valence-electron chi connectivity index (χ3n) is 8.32. The molecule has 276 valence electrons. The Hall–Kier alpha value is -4.44. The summed E-state index contributed by atoms with van der Waals surface area (Å²) in [6.07, 6.45) is 1.72. The minimum Gasteiger partial charge on any atom is -0.333 e. The number of carbonyl (C=O) groups is 3. The zero-order valence-electron chi connectivity index (χ0n) is 28.6. The molecule has 1 aliphatic rings. The van der Waals surface area contributed by atoms with Crippen molar-refractivity contribution in [3.05, 3.63) is 80.9 Å². The van der Waals surface area contributed by atoms with E-state index in [1.54, 1.807) is 20.8 Å². The van der Waals surface area contributed by atoms with Crippen molar-refractivity contribution in [1.82, 2.24) is 19.2 Å². The molecule has 0 radical (unpaired) electrons. The molecule has 4 rings (SSSR count). The molecule has 17 heteroatoms. The first-order valence-corrected chi connectivity index (χ1v) is 18.1. The number of para-hydroxylation sites is 1. The third-order valence-corrected chi connectivity index (χ3v) is 10.4. The molecule has 1 fully saturated rings. The number of alkyl halides is 3. The van der Waals surface area contributed by atoms with E-state index in [0.717, 1.165) is 55.9 Å². The molecule has 1 aliphatic carbocycles. The molecular formula is C34H40ClF3N6O6S. The number of rotatable bonds is 10. The van der Waals surface area contributed by atoms with Gasteiger partial charge in [-0.25, -0.2) is 22.5 Å². The van der Waals surface area contributed by atoms with Crippen molar-refractivity contribution >= 4 is 51.0 Å². The molecule has 1 heterocycles. The summed E-state index contributed by atoms with van der Waals surface area (Å²) in [6, 6.07) is 7.48. The number of halogens is 4. The van der Waals surface area contributed by atoms with Crippen molar-refractivity contribution in [2.75, 3.05) is 17.7 Å². The molecule has 0 saturated heterocycles. The molecule has 3 aromatic rings. The number of hydrogen-bond acceptors (Lipinski definition) is 7. The van der Waals surface area contributed by atoms with E-state index in [0.29, 0.717) is 35.2 Å². The summed E-state index contributed by atoms with van der Waals surface area (Å²) in [5.41, 5.74) is -2.54. The molecule has 4 amide bonds. The minimum absolute atomic E-state index is 0.0741. The summed E-state index contributed by atoms with van der Waals surface area (Å²) in [6.45, 7) is 4.64. The van der Waals surface area contributed by atoms with Crippen LogP contribution < -0.4 is 21.5 Å². The van der Waals surface area contributed by atoms with Crippen LogP contribution >= 0.6 is 11.6 Å². The van der Waals surface area contributed by atoms with Crippen LogP contribution in [-0.4, -0.2) is 52.7 Å². The molecule has 0 spiro atoms. The van der Waals surface area contributed by atoms with Crippen molar-refractivity contribution in [3.8, 4) is 0 Å². The fraction of sp³-hybridized carbons (Fsp3) is 0.441. The van der Waals surface area contributed by atoms with Gasteiger partial charge in [0.15, 0.2) is 5.15 Å². The first-order chi connectivity index (χ1) is 23.8. The lowest BCUT2D eigenvalue weighted by Crippen LogP contribution is -2.44. The van der Waals surface area contributed by atoms with Crippen LogP contribution in [0, 0.1) is 5.92 Å². The standard InChI is InChI=1S/C34H40ClF3N6O6S/c1-33(2,3)42-32(48)41-29-31(47)44(26(28(35)40-29)19-14-21-10-6-5-7-11-21)20-27(45)39-25-13-9-8-12-24(25)30(46)43(4)51(49,50)23-17-15-22(16-18-23)34(36,37)38/h8-9,12-13,15-18,21H,5-7,10-11,14,19-20H2,1-4H3,(H,39,45)(H2,40,41,42,48). The van der Waals surface area contributed by atoms with Crippen LogP contribution in [0.2, 0.25) is 5.15 Å². The lowest BCUT2D eigenvalue weighted by Gasteiger charge is -2.23. The number of nitrogens with zero attached hydrogens (tertiary/aromatic N) is 3. The van der Waals surface area contributed by atoms with E-state index in [9.17, 15) is 40.8 Å². The number of urea groups is 1. The van der Waals surface area contributed by atoms with Crippen LogP contribution in [-0.2, 0) is 34.0 Å². The van der Waals surface area contributed by atoms with Crippen LogP contribution in [0.1, 0.15) is 80.9 Å². The maximum absolute atomic E-state index is 13.7. The average molecular weight is 753 g/mol. The van der Waals surface area contributed by atoms with Crippen molar-refractivity contribution < 1.29 is 36.0 Å². The Morgan fingerprint density at radius 3 is 2.22 bits per heavy atom. The summed E-state index contributed by atoms with van der Waals surface area (Å²) in [5, 5.41) is 7.54. The summed E-state index contributed by atoms with van der Waals surface area (Å²) in [7, 11) is -3.66. The number of nitrogens with one attached hydrogen (secondary N) is 3. The predicted octanol–water partition coefficient (Wildman–Crippen LogP) is 6.45. The van der Waals surface area contributed by atoms with Crippen molar-refractivity contribution in [2.24, 2.45) is 5.92 Å².